The lowest BCUT2D eigenvalue weighted by Crippen LogP contribution is -2.29. The summed E-state index contributed by atoms with van der Waals surface area (Å²) in [6, 6.07) is 0. The number of hydrogen-bond donors (Lipinski definition) is 1. The molecule has 0 unspecified atom stereocenters. The minimum atomic E-state index is 0.477. The normalized spacial score (nSPS) is 20.5. The molecule has 1 heterocycles. The van der Waals surface area contributed by atoms with Crippen molar-refractivity contribution in [3.63, 3.8) is 0 Å². The highest BCUT2D eigenvalue weighted by atomic mass is 15.5. The van der Waals surface area contributed by atoms with Crippen molar-refractivity contribution >= 4 is 12.2 Å². The summed E-state index contributed by atoms with van der Waals surface area (Å²) in [6.07, 6.45) is 3.16. The Balaban J connectivity index is 3.12. The molecular weight excluding hydrogens is 152 g/mol. The molecule has 12 heavy (non-hydrogen) atoms. The molecule has 1 aliphatic rings. The van der Waals surface area contributed by atoms with Crippen molar-refractivity contribution in [1.29, 1.82) is 0 Å². The van der Waals surface area contributed by atoms with Crippen molar-refractivity contribution in [2.45, 2.75) is 6.92 Å². The van der Waals surface area contributed by atoms with Crippen LogP contribution in [0, 0.1) is 0 Å². The molecule has 0 radical (unpaired) electrons. The van der Waals surface area contributed by atoms with Gasteiger partial charge in [-0.2, -0.15) is 5.10 Å². The SMILES string of the molecule is C=C/C(C)=C1/C(N)=NC=NN1C. The molecule has 1 aliphatic heterocycles. The molecule has 0 atom stereocenters. The molecule has 0 aromatic rings. The molecular formula is C8H12N4. The number of likely N-dealkylation sites (N-methyl/N-ethyl adjacent to an activating group) is 1. The van der Waals surface area contributed by atoms with Crippen LogP contribution in [0.3, 0.4) is 0 Å². The quantitative estimate of drug-likeness (QED) is 0.620. The fourth-order valence-corrected chi connectivity index (χ4v) is 1.00. The lowest BCUT2D eigenvalue weighted by molar-refractivity contribution is 0.462. The maximum atomic E-state index is 5.66. The number of nitrogens with two attached hydrogens (primary N) is 1. The van der Waals surface area contributed by atoms with Gasteiger partial charge in [0.2, 0.25) is 0 Å². The molecule has 0 saturated carbocycles. The van der Waals surface area contributed by atoms with Gasteiger partial charge in [0.15, 0.2) is 5.84 Å². The lowest BCUT2D eigenvalue weighted by Gasteiger charge is -2.20. The summed E-state index contributed by atoms with van der Waals surface area (Å²) < 4.78 is 0. The molecule has 0 aromatic heterocycles. The Morgan fingerprint density at radius 2 is 2.42 bits per heavy atom. The van der Waals surface area contributed by atoms with E-state index >= 15 is 0 Å². The van der Waals surface area contributed by atoms with Gasteiger partial charge in [0, 0.05) is 7.05 Å². The maximum absolute atomic E-state index is 5.66. The van der Waals surface area contributed by atoms with Gasteiger partial charge in [0.1, 0.15) is 12.0 Å². The Kier molecular flexibility index (Phi) is 2.28. The van der Waals surface area contributed by atoms with E-state index < -0.39 is 0 Å². The van der Waals surface area contributed by atoms with Crippen LogP contribution in [-0.4, -0.2) is 24.2 Å². The van der Waals surface area contributed by atoms with E-state index in [9.17, 15) is 0 Å². The van der Waals surface area contributed by atoms with Gasteiger partial charge in [-0.25, -0.2) is 4.99 Å². The van der Waals surface area contributed by atoms with Gasteiger partial charge >= 0.3 is 0 Å². The summed E-state index contributed by atoms with van der Waals surface area (Å²) in [7, 11) is 1.82. The number of aliphatic imine (C=N–C) groups is 1. The Morgan fingerprint density at radius 1 is 1.75 bits per heavy atom. The minimum absolute atomic E-state index is 0.477. The molecule has 0 fully saturated rings. The first kappa shape index (κ1) is 8.52. The molecule has 4 nitrogen and oxygen atoms in total. The van der Waals surface area contributed by atoms with Gasteiger partial charge in [-0.1, -0.05) is 12.7 Å². The molecule has 0 saturated heterocycles. The average molecular weight is 164 g/mol. The van der Waals surface area contributed by atoms with E-state index in [0.29, 0.717) is 5.84 Å². The van der Waals surface area contributed by atoms with Gasteiger partial charge in [-0.3, -0.25) is 5.01 Å². The zero-order valence-electron chi connectivity index (χ0n) is 7.28. The van der Waals surface area contributed by atoms with Gasteiger partial charge < -0.3 is 5.73 Å². The summed E-state index contributed by atoms with van der Waals surface area (Å²) in [5, 5.41) is 5.65. The van der Waals surface area contributed by atoms with Crippen molar-refractivity contribution < 1.29 is 0 Å². The monoisotopic (exact) mass is 164 g/mol. The third-order valence-corrected chi connectivity index (χ3v) is 1.67. The number of hydrogen-bond acceptors (Lipinski definition) is 4. The van der Waals surface area contributed by atoms with Crippen molar-refractivity contribution in [2.24, 2.45) is 15.8 Å². The molecule has 0 amide bonds. The standard InChI is InChI=1S/C8H12N4/c1-4-6(2)7-8(9)10-5-11-12(7)3/h4-5H,1H2,2-3H3,(H2,9,10,11)/b7-6-. The molecule has 0 aromatic carbocycles. The third-order valence-electron chi connectivity index (χ3n) is 1.67. The maximum Gasteiger partial charge on any atom is 0.151 e. The third kappa shape index (κ3) is 1.37. The second-order valence-electron chi connectivity index (χ2n) is 2.50. The summed E-state index contributed by atoms with van der Waals surface area (Å²) in [4.78, 5) is 3.89. The van der Waals surface area contributed by atoms with Crippen LogP contribution in [0.25, 0.3) is 0 Å². The molecule has 64 valence electrons. The largest absolute Gasteiger partial charge is 0.382 e. The summed E-state index contributed by atoms with van der Waals surface area (Å²) in [5.74, 6) is 0.477. The van der Waals surface area contributed by atoms with E-state index in [1.165, 1.54) is 6.34 Å². The fraction of sp³-hybridized carbons (Fsp3) is 0.250. The molecule has 0 aliphatic carbocycles. The first-order valence-electron chi connectivity index (χ1n) is 3.60. The van der Waals surface area contributed by atoms with Crippen LogP contribution in [0.1, 0.15) is 6.92 Å². The Hall–Kier alpha value is -1.58. The topological polar surface area (TPSA) is 54.0 Å². The van der Waals surface area contributed by atoms with Gasteiger partial charge in [-0.05, 0) is 12.5 Å². The Morgan fingerprint density at radius 3 is 2.92 bits per heavy atom. The van der Waals surface area contributed by atoms with Crippen molar-refractivity contribution in [1.82, 2.24) is 5.01 Å². The number of hydrazone groups is 1. The van der Waals surface area contributed by atoms with Crippen LogP contribution in [0.2, 0.25) is 0 Å². The van der Waals surface area contributed by atoms with E-state index in [2.05, 4.69) is 16.7 Å². The van der Waals surface area contributed by atoms with Gasteiger partial charge in [0.25, 0.3) is 0 Å². The molecule has 4 heteroatoms. The van der Waals surface area contributed by atoms with Crippen molar-refractivity contribution in [3.05, 3.63) is 23.9 Å². The summed E-state index contributed by atoms with van der Waals surface area (Å²) >= 11 is 0. The smallest absolute Gasteiger partial charge is 0.151 e. The average Bonchev–Trinajstić information content (AvgIpc) is 2.03. The second kappa shape index (κ2) is 3.21. The van der Waals surface area contributed by atoms with E-state index in [1.807, 2.05) is 14.0 Å². The van der Waals surface area contributed by atoms with Crippen molar-refractivity contribution in [3.8, 4) is 0 Å². The zero-order chi connectivity index (χ0) is 9.14. The first-order valence-corrected chi connectivity index (χ1v) is 3.60. The Bertz CT molecular complexity index is 285. The Labute approximate surface area is 71.8 Å². The van der Waals surface area contributed by atoms with Crippen LogP contribution in [0.15, 0.2) is 34.0 Å². The van der Waals surface area contributed by atoms with Crippen LogP contribution in [0.5, 0.6) is 0 Å². The van der Waals surface area contributed by atoms with E-state index in [4.69, 9.17) is 5.73 Å². The second-order valence-corrected chi connectivity index (χ2v) is 2.50. The number of allylic oxidation sites excluding steroid dienone is 2. The van der Waals surface area contributed by atoms with E-state index in [-0.39, 0.29) is 0 Å². The predicted octanol–water partition coefficient (Wildman–Crippen LogP) is 0.692. The number of nitrogens with zero attached hydrogens (tertiary/aromatic N) is 3. The summed E-state index contributed by atoms with van der Waals surface area (Å²) in [6.45, 7) is 5.58. The zero-order valence-corrected chi connectivity index (χ0v) is 7.28. The lowest BCUT2D eigenvalue weighted by atomic mass is 10.2. The fourth-order valence-electron chi connectivity index (χ4n) is 1.00. The molecule has 0 bridgehead atoms. The molecule has 2 N–H and O–H groups in total. The number of amidine groups is 1. The predicted molar refractivity (Wildman–Crippen MR) is 50.8 cm³/mol. The van der Waals surface area contributed by atoms with Crippen molar-refractivity contribution in [2.75, 3.05) is 7.05 Å². The highest BCUT2D eigenvalue weighted by Gasteiger charge is 2.12. The van der Waals surface area contributed by atoms with Gasteiger partial charge in [0.05, 0.1) is 0 Å². The molecule has 0 spiro atoms. The van der Waals surface area contributed by atoms with Gasteiger partial charge in [-0.15, -0.1) is 0 Å². The molecule has 1 rings (SSSR count). The first-order chi connectivity index (χ1) is 5.66. The van der Waals surface area contributed by atoms with Crippen LogP contribution < -0.4 is 5.73 Å². The van der Waals surface area contributed by atoms with Crippen LogP contribution in [-0.2, 0) is 0 Å². The highest BCUT2D eigenvalue weighted by Crippen LogP contribution is 2.12. The van der Waals surface area contributed by atoms with Crippen LogP contribution in [0.4, 0.5) is 0 Å². The van der Waals surface area contributed by atoms with E-state index in [1.54, 1.807) is 11.1 Å². The van der Waals surface area contributed by atoms with E-state index in [0.717, 1.165) is 11.3 Å². The summed E-state index contributed by atoms with van der Waals surface area (Å²) in [5.41, 5.74) is 7.44. The van der Waals surface area contributed by atoms with Crippen LogP contribution >= 0.6 is 0 Å². The highest BCUT2D eigenvalue weighted by molar-refractivity contribution is 6.02. The minimum Gasteiger partial charge on any atom is -0.382 e. The number of rotatable bonds is 1.